The molecule has 5 nitrogen and oxygen atoms in total. The number of hydrogen-bond acceptors (Lipinski definition) is 4. The number of rotatable bonds is 8. The van der Waals surface area contributed by atoms with Crippen LogP contribution in [0.25, 0.3) is 0 Å². The van der Waals surface area contributed by atoms with E-state index in [9.17, 15) is 4.79 Å². The fourth-order valence-corrected chi connectivity index (χ4v) is 2.04. The van der Waals surface area contributed by atoms with Crippen molar-refractivity contribution in [1.82, 2.24) is 15.3 Å². The zero-order valence-corrected chi connectivity index (χ0v) is 12.9. The average Bonchev–Trinajstić information content (AvgIpc) is 2.58. The Kier molecular flexibility index (Phi) is 6.36. The van der Waals surface area contributed by atoms with Crippen molar-refractivity contribution in [3.05, 3.63) is 54.0 Å². The topological polar surface area (TPSA) is 66.9 Å². The van der Waals surface area contributed by atoms with Crippen LogP contribution in [0.5, 0.6) is 0 Å². The number of nitrogens with zero attached hydrogens (tertiary/aromatic N) is 2. The number of unbranched alkanes of at least 4 members (excludes halogenated alkanes) is 2. The van der Waals surface area contributed by atoms with Crippen molar-refractivity contribution in [2.45, 2.75) is 32.7 Å². The lowest BCUT2D eigenvalue weighted by atomic mass is 10.2. The third-order valence-electron chi connectivity index (χ3n) is 3.31. The lowest BCUT2D eigenvalue weighted by Crippen LogP contribution is -2.24. The smallest absolute Gasteiger partial charge is 0.251 e. The summed E-state index contributed by atoms with van der Waals surface area (Å²) in [6, 6.07) is 7.39. The lowest BCUT2D eigenvalue weighted by Gasteiger charge is -2.08. The molecule has 2 aromatic rings. The second-order valence-electron chi connectivity index (χ2n) is 5.10. The molecule has 0 aliphatic heterocycles. The van der Waals surface area contributed by atoms with Gasteiger partial charge in [-0.1, -0.05) is 19.8 Å². The van der Waals surface area contributed by atoms with Crippen molar-refractivity contribution in [3.8, 4) is 0 Å². The van der Waals surface area contributed by atoms with Crippen molar-refractivity contribution in [1.29, 1.82) is 0 Å². The molecule has 2 aromatic heterocycles. The van der Waals surface area contributed by atoms with Crippen LogP contribution in [0.15, 0.2) is 42.9 Å². The highest BCUT2D eigenvalue weighted by Crippen LogP contribution is 2.09. The summed E-state index contributed by atoms with van der Waals surface area (Å²) in [6.45, 7) is 3.51. The zero-order chi connectivity index (χ0) is 15.6. The van der Waals surface area contributed by atoms with E-state index >= 15 is 0 Å². The van der Waals surface area contributed by atoms with E-state index in [4.69, 9.17) is 0 Å². The summed E-state index contributed by atoms with van der Waals surface area (Å²) in [6.07, 6.45) is 8.45. The fraction of sp³-hybridized carbons (Fsp3) is 0.353. The van der Waals surface area contributed by atoms with Gasteiger partial charge in [-0.05, 0) is 36.2 Å². The first kappa shape index (κ1) is 15.9. The highest BCUT2D eigenvalue weighted by molar-refractivity contribution is 5.94. The summed E-state index contributed by atoms with van der Waals surface area (Å²) in [5.74, 6) is 0.642. The van der Waals surface area contributed by atoms with E-state index in [2.05, 4.69) is 27.5 Å². The number of nitrogens with one attached hydrogen (secondary N) is 2. The van der Waals surface area contributed by atoms with E-state index in [0.717, 1.165) is 31.4 Å². The first-order chi connectivity index (χ1) is 10.8. The Bertz CT molecular complexity index is 586. The van der Waals surface area contributed by atoms with Gasteiger partial charge in [0.25, 0.3) is 5.91 Å². The van der Waals surface area contributed by atoms with Crippen LogP contribution in [0, 0.1) is 0 Å². The van der Waals surface area contributed by atoms with E-state index in [-0.39, 0.29) is 5.91 Å². The van der Waals surface area contributed by atoms with Crippen molar-refractivity contribution < 1.29 is 4.79 Å². The minimum Gasteiger partial charge on any atom is -0.366 e. The number of anilines is 1. The summed E-state index contributed by atoms with van der Waals surface area (Å²) in [5, 5.41) is 6.15. The Morgan fingerprint density at radius 3 is 2.73 bits per heavy atom. The third kappa shape index (κ3) is 5.16. The fourth-order valence-electron chi connectivity index (χ4n) is 2.04. The number of pyridine rings is 2. The van der Waals surface area contributed by atoms with Crippen molar-refractivity contribution in [2.75, 3.05) is 11.9 Å². The standard InChI is InChI=1S/C17H22N4O/c1-2-3-4-8-20-17(22)15-7-11-19-16(12-15)21-13-14-5-9-18-10-6-14/h5-7,9-12H,2-4,8,13H2,1H3,(H,19,21)(H,20,22). The Morgan fingerprint density at radius 2 is 1.95 bits per heavy atom. The van der Waals surface area contributed by atoms with Crippen LogP contribution < -0.4 is 10.6 Å². The Balaban J connectivity index is 1.87. The second kappa shape index (κ2) is 8.77. The maximum atomic E-state index is 12.1. The molecule has 0 bridgehead atoms. The van der Waals surface area contributed by atoms with Crippen LogP contribution in [0.4, 0.5) is 5.82 Å². The predicted molar refractivity (Wildman–Crippen MR) is 87.7 cm³/mol. The molecular formula is C17H22N4O. The van der Waals surface area contributed by atoms with E-state index in [1.807, 2.05) is 12.1 Å². The number of carbonyl (C=O) groups is 1. The molecule has 2 heterocycles. The first-order valence-corrected chi connectivity index (χ1v) is 7.66. The highest BCUT2D eigenvalue weighted by atomic mass is 16.1. The molecule has 0 fully saturated rings. The molecule has 5 heteroatoms. The summed E-state index contributed by atoms with van der Waals surface area (Å²) in [7, 11) is 0. The predicted octanol–water partition coefficient (Wildman–Crippen LogP) is 3.01. The maximum Gasteiger partial charge on any atom is 0.251 e. The van der Waals surface area contributed by atoms with Crippen LogP contribution in [0.1, 0.15) is 42.1 Å². The van der Waals surface area contributed by atoms with E-state index in [0.29, 0.717) is 17.9 Å². The molecule has 2 N–H and O–H groups in total. The van der Waals surface area contributed by atoms with Gasteiger partial charge in [0.2, 0.25) is 0 Å². The molecule has 0 radical (unpaired) electrons. The molecule has 1 amide bonds. The molecule has 2 rings (SSSR count). The van der Waals surface area contributed by atoms with Crippen LogP contribution >= 0.6 is 0 Å². The molecule has 0 aliphatic carbocycles. The summed E-state index contributed by atoms with van der Waals surface area (Å²) in [4.78, 5) is 20.3. The third-order valence-corrected chi connectivity index (χ3v) is 3.31. The molecule has 0 atom stereocenters. The van der Waals surface area contributed by atoms with Gasteiger partial charge in [-0.25, -0.2) is 4.98 Å². The first-order valence-electron chi connectivity index (χ1n) is 7.66. The molecule has 0 aliphatic rings. The molecule has 0 aromatic carbocycles. The number of hydrogen-bond donors (Lipinski definition) is 2. The zero-order valence-electron chi connectivity index (χ0n) is 12.9. The van der Waals surface area contributed by atoms with Crippen LogP contribution in [-0.4, -0.2) is 22.4 Å². The Morgan fingerprint density at radius 1 is 1.14 bits per heavy atom. The van der Waals surface area contributed by atoms with Gasteiger partial charge in [-0.2, -0.15) is 0 Å². The number of carbonyl (C=O) groups excluding carboxylic acids is 1. The average molecular weight is 298 g/mol. The van der Waals surface area contributed by atoms with Crippen LogP contribution in [-0.2, 0) is 6.54 Å². The van der Waals surface area contributed by atoms with E-state index in [1.165, 1.54) is 0 Å². The quantitative estimate of drug-likeness (QED) is 0.735. The van der Waals surface area contributed by atoms with Gasteiger partial charge < -0.3 is 10.6 Å². The lowest BCUT2D eigenvalue weighted by molar-refractivity contribution is 0.0953. The van der Waals surface area contributed by atoms with Gasteiger partial charge in [0.15, 0.2) is 0 Å². The summed E-state index contributed by atoms with van der Waals surface area (Å²) in [5.41, 5.74) is 1.75. The number of aromatic nitrogens is 2. The van der Waals surface area contributed by atoms with Crippen molar-refractivity contribution in [3.63, 3.8) is 0 Å². The molecule has 116 valence electrons. The van der Waals surface area contributed by atoms with Crippen molar-refractivity contribution >= 4 is 11.7 Å². The Hall–Kier alpha value is -2.43. The summed E-state index contributed by atoms with van der Waals surface area (Å²) < 4.78 is 0. The van der Waals surface area contributed by atoms with Gasteiger partial charge in [0, 0.05) is 37.2 Å². The largest absolute Gasteiger partial charge is 0.366 e. The van der Waals surface area contributed by atoms with Gasteiger partial charge in [-0.3, -0.25) is 9.78 Å². The van der Waals surface area contributed by atoms with Gasteiger partial charge in [0.05, 0.1) is 0 Å². The molecule has 0 unspecified atom stereocenters. The van der Waals surface area contributed by atoms with Crippen molar-refractivity contribution in [2.24, 2.45) is 0 Å². The number of amides is 1. The monoisotopic (exact) mass is 298 g/mol. The second-order valence-corrected chi connectivity index (χ2v) is 5.10. The van der Waals surface area contributed by atoms with Crippen LogP contribution in [0.3, 0.4) is 0 Å². The van der Waals surface area contributed by atoms with E-state index in [1.54, 1.807) is 30.7 Å². The van der Waals surface area contributed by atoms with Gasteiger partial charge >= 0.3 is 0 Å². The van der Waals surface area contributed by atoms with Gasteiger partial charge in [0.1, 0.15) is 5.82 Å². The van der Waals surface area contributed by atoms with Gasteiger partial charge in [-0.15, -0.1) is 0 Å². The Labute approximate surface area is 131 Å². The molecule has 0 saturated heterocycles. The maximum absolute atomic E-state index is 12.1. The minimum atomic E-state index is -0.0505. The normalized spacial score (nSPS) is 10.2. The van der Waals surface area contributed by atoms with E-state index < -0.39 is 0 Å². The van der Waals surface area contributed by atoms with Crippen LogP contribution in [0.2, 0.25) is 0 Å². The molecular weight excluding hydrogens is 276 g/mol. The molecule has 22 heavy (non-hydrogen) atoms. The molecule has 0 saturated carbocycles. The highest BCUT2D eigenvalue weighted by Gasteiger charge is 2.06. The SMILES string of the molecule is CCCCCNC(=O)c1ccnc(NCc2ccncc2)c1. The summed E-state index contributed by atoms with van der Waals surface area (Å²) >= 11 is 0. The molecule has 0 spiro atoms. The minimum absolute atomic E-state index is 0.0505.